The maximum absolute atomic E-state index is 11.4. The van der Waals surface area contributed by atoms with Crippen LogP contribution in [-0.2, 0) is 14.8 Å². The number of carbonyl (C=O) groups is 1. The summed E-state index contributed by atoms with van der Waals surface area (Å²) in [7, 11) is -2.65. The molecule has 98 valence electrons. The highest BCUT2D eigenvalue weighted by molar-refractivity contribution is 7.92. The van der Waals surface area contributed by atoms with Gasteiger partial charge in [0.25, 0.3) is 10.0 Å². The Morgan fingerprint density at radius 3 is 2.50 bits per heavy atom. The summed E-state index contributed by atoms with van der Waals surface area (Å²) in [4.78, 5) is 12.5. The van der Waals surface area contributed by atoms with Gasteiger partial charge in [-0.05, 0) is 23.8 Å². The van der Waals surface area contributed by atoms with E-state index in [0.717, 1.165) is 12.5 Å². The predicted octanol–water partition coefficient (Wildman–Crippen LogP) is 1.50. The van der Waals surface area contributed by atoms with Gasteiger partial charge in [0.2, 0.25) is 0 Å². The zero-order valence-corrected chi connectivity index (χ0v) is 11.0. The fourth-order valence-electron chi connectivity index (χ4n) is 0.940. The molecule has 0 saturated carbocycles. The van der Waals surface area contributed by atoms with Crippen molar-refractivity contribution in [2.24, 2.45) is 0 Å². The van der Waals surface area contributed by atoms with Gasteiger partial charge in [0.05, 0.1) is 7.11 Å². The van der Waals surface area contributed by atoms with Crippen LogP contribution in [0.2, 0.25) is 5.02 Å². The van der Waals surface area contributed by atoms with Crippen LogP contribution in [0.25, 0.3) is 6.08 Å². The van der Waals surface area contributed by atoms with E-state index in [1.54, 1.807) is 24.3 Å². The molecule has 0 unspecified atom stereocenters. The van der Waals surface area contributed by atoms with Gasteiger partial charge in [-0.25, -0.2) is 18.6 Å². The standard InChI is InChI=1S/C10H11ClN2O4S/c1-17-10(14)12-13-18(15,16)7-6-8-2-4-9(11)5-3-8/h2-7,13H,1H3,(H,12,14)/b7-6+. The monoisotopic (exact) mass is 290 g/mol. The van der Waals surface area contributed by atoms with Gasteiger partial charge in [-0.1, -0.05) is 23.7 Å². The molecule has 0 saturated heterocycles. The minimum atomic E-state index is -3.77. The van der Waals surface area contributed by atoms with E-state index in [0.29, 0.717) is 10.6 Å². The maximum atomic E-state index is 11.4. The predicted molar refractivity (Wildman–Crippen MR) is 68.1 cm³/mol. The Hall–Kier alpha value is -1.57. The van der Waals surface area contributed by atoms with E-state index < -0.39 is 16.1 Å². The van der Waals surface area contributed by atoms with Crippen molar-refractivity contribution in [2.75, 3.05) is 7.11 Å². The zero-order valence-electron chi connectivity index (χ0n) is 9.38. The van der Waals surface area contributed by atoms with Crippen LogP contribution in [0.3, 0.4) is 0 Å². The van der Waals surface area contributed by atoms with Crippen LogP contribution < -0.4 is 10.3 Å². The van der Waals surface area contributed by atoms with Crippen molar-refractivity contribution in [1.82, 2.24) is 10.3 Å². The van der Waals surface area contributed by atoms with Crippen LogP contribution in [0.5, 0.6) is 0 Å². The smallest absolute Gasteiger partial charge is 0.422 e. The van der Waals surface area contributed by atoms with Crippen molar-refractivity contribution < 1.29 is 17.9 Å². The first-order valence-electron chi connectivity index (χ1n) is 4.72. The molecule has 8 heteroatoms. The topological polar surface area (TPSA) is 84.5 Å². The molecule has 0 radical (unpaired) electrons. The molecule has 0 bridgehead atoms. The number of rotatable bonds is 4. The zero-order chi connectivity index (χ0) is 13.6. The normalized spacial score (nSPS) is 11.4. The highest BCUT2D eigenvalue weighted by Gasteiger charge is 2.06. The van der Waals surface area contributed by atoms with Gasteiger partial charge in [0.15, 0.2) is 0 Å². The second-order valence-electron chi connectivity index (χ2n) is 3.12. The molecule has 0 spiro atoms. The number of amides is 1. The number of nitrogens with one attached hydrogen (secondary N) is 2. The third-order valence-corrected chi connectivity index (χ3v) is 2.92. The Morgan fingerprint density at radius 1 is 1.33 bits per heavy atom. The third-order valence-electron chi connectivity index (χ3n) is 1.79. The Labute approximate surface area is 110 Å². The van der Waals surface area contributed by atoms with Crippen molar-refractivity contribution >= 4 is 33.8 Å². The lowest BCUT2D eigenvalue weighted by molar-refractivity contribution is 0.169. The van der Waals surface area contributed by atoms with E-state index in [4.69, 9.17) is 11.6 Å². The van der Waals surface area contributed by atoms with E-state index in [1.807, 2.05) is 10.3 Å². The molecule has 0 aliphatic heterocycles. The van der Waals surface area contributed by atoms with Gasteiger partial charge in [0, 0.05) is 10.4 Å². The first-order valence-corrected chi connectivity index (χ1v) is 6.65. The van der Waals surface area contributed by atoms with Crippen molar-refractivity contribution in [2.45, 2.75) is 0 Å². The lowest BCUT2D eigenvalue weighted by atomic mass is 10.2. The fourth-order valence-corrected chi connectivity index (χ4v) is 1.70. The quantitative estimate of drug-likeness (QED) is 0.823. The summed E-state index contributed by atoms with van der Waals surface area (Å²) in [6.45, 7) is 0. The van der Waals surface area contributed by atoms with Crippen LogP contribution >= 0.6 is 11.6 Å². The first-order chi connectivity index (χ1) is 8.43. The summed E-state index contributed by atoms with van der Waals surface area (Å²) < 4.78 is 27.0. The lowest BCUT2D eigenvalue weighted by Crippen LogP contribution is -2.40. The van der Waals surface area contributed by atoms with E-state index in [-0.39, 0.29) is 0 Å². The number of halogens is 1. The van der Waals surface area contributed by atoms with E-state index in [1.165, 1.54) is 6.08 Å². The molecule has 1 aromatic carbocycles. The van der Waals surface area contributed by atoms with Crippen LogP contribution in [0, 0.1) is 0 Å². The summed E-state index contributed by atoms with van der Waals surface area (Å²) in [5, 5.41) is 1.46. The van der Waals surface area contributed by atoms with Crippen LogP contribution in [0.4, 0.5) is 4.79 Å². The number of sulfonamides is 1. The number of methoxy groups -OCH3 is 1. The molecular weight excluding hydrogens is 280 g/mol. The maximum Gasteiger partial charge on any atom is 0.422 e. The summed E-state index contributed by atoms with van der Waals surface area (Å²) in [5.74, 6) is 0. The summed E-state index contributed by atoms with van der Waals surface area (Å²) in [6.07, 6.45) is 0.455. The highest BCUT2D eigenvalue weighted by Crippen LogP contribution is 2.10. The van der Waals surface area contributed by atoms with Crippen LogP contribution in [0.1, 0.15) is 5.56 Å². The van der Waals surface area contributed by atoms with E-state index in [9.17, 15) is 13.2 Å². The molecule has 18 heavy (non-hydrogen) atoms. The molecule has 0 heterocycles. The highest BCUT2D eigenvalue weighted by atomic mass is 35.5. The third kappa shape index (κ3) is 5.17. The van der Waals surface area contributed by atoms with Gasteiger partial charge in [-0.2, -0.15) is 0 Å². The molecule has 1 rings (SSSR count). The van der Waals surface area contributed by atoms with Crippen LogP contribution in [0.15, 0.2) is 29.7 Å². The van der Waals surface area contributed by atoms with E-state index in [2.05, 4.69) is 4.74 Å². The summed E-state index contributed by atoms with van der Waals surface area (Å²) in [6, 6.07) is 6.58. The Morgan fingerprint density at radius 2 is 1.94 bits per heavy atom. The SMILES string of the molecule is COC(=O)NNS(=O)(=O)/C=C/c1ccc(Cl)cc1. The second-order valence-corrected chi connectivity index (χ2v) is 5.12. The molecule has 1 amide bonds. The van der Waals surface area contributed by atoms with E-state index >= 15 is 0 Å². The Bertz CT molecular complexity index is 540. The second kappa shape index (κ2) is 6.39. The van der Waals surface area contributed by atoms with Crippen molar-refractivity contribution in [1.29, 1.82) is 0 Å². The fraction of sp³-hybridized carbons (Fsp3) is 0.100. The Kier molecular flexibility index (Phi) is 5.14. The molecule has 2 N–H and O–H groups in total. The number of hydrazine groups is 1. The molecule has 6 nitrogen and oxygen atoms in total. The summed E-state index contributed by atoms with van der Waals surface area (Å²) in [5.41, 5.74) is 2.50. The van der Waals surface area contributed by atoms with Gasteiger partial charge in [-0.3, -0.25) is 0 Å². The van der Waals surface area contributed by atoms with Crippen molar-refractivity contribution in [3.63, 3.8) is 0 Å². The minimum absolute atomic E-state index is 0.556. The molecular formula is C10H11ClN2O4S. The molecule has 1 aromatic rings. The average molecular weight is 291 g/mol. The number of benzene rings is 1. The molecule has 0 aromatic heterocycles. The van der Waals surface area contributed by atoms with Gasteiger partial charge in [0.1, 0.15) is 0 Å². The number of hydrogen-bond acceptors (Lipinski definition) is 4. The summed E-state index contributed by atoms with van der Waals surface area (Å²) >= 11 is 5.69. The van der Waals surface area contributed by atoms with Crippen molar-refractivity contribution in [3.05, 3.63) is 40.3 Å². The Balaban J connectivity index is 2.65. The first kappa shape index (κ1) is 14.5. The van der Waals surface area contributed by atoms with Crippen molar-refractivity contribution in [3.8, 4) is 0 Å². The molecule has 0 aliphatic rings. The molecule has 0 atom stereocenters. The van der Waals surface area contributed by atoms with Gasteiger partial charge >= 0.3 is 6.09 Å². The largest absolute Gasteiger partial charge is 0.452 e. The lowest BCUT2D eigenvalue weighted by Gasteiger charge is -2.03. The average Bonchev–Trinajstić information content (AvgIpc) is 2.35. The number of hydrogen-bond donors (Lipinski definition) is 2. The van der Waals surface area contributed by atoms with Crippen LogP contribution in [-0.4, -0.2) is 21.6 Å². The molecule has 0 fully saturated rings. The molecule has 0 aliphatic carbocycles. The van der Waals surface area contributed by atoms with Gasteiger partial charge in [-0.15, -0.1) is 4.83 Å². The minimum Gasteiger partial charge on any atom is -0.452 e. The number of carbonyl (C=O) groups excluding carboxylic acids is 1. The number of ether oxygens (including phenoxy) is 1. The van der Waals surface area contributed by atoms with Gasteiger partial charge < -0.3 is 4.74 Å².